The van der Waals surface area contributed by atoms with Gasteiger partial charge in [-0.3, -0.25) is 14.7 Å². The lowest BCUT2D eigenvalue weighted by atomic mass is 10.1. The molecule has 1 aliphatic heterocycles. The Bertz CT molecular complexity index is 487. The molecule has 7 heteroatoms. The lowest BCUT2D eigenvalue weighted by Gasteiger charge is -2.24. The Kier molecular flexibility index (Phi) is 3.46. The third-order valence-electron chi connectivity index (χ3n) is 2.85. The number of ketones is 1. The molecule has 0 spiro atoms. The van der Waals surface area contributed by atoms with Crippen LogP contribution in [0.1, 0.15) is 17.3 Å². The topological polar surface area (TPSA) is 35.9 Å². The molecule has 0 saturated heterocycles. The first-order chi connectivity index (χ1) is 8.89. The van der Waals surface area contributed by atoms with E-state index in [-0.39, 0.29) is 10.7 Å². The van der Waals surface area contributed by atoms with Crippen LogP contribution in [0.2, 0.25) is 0 Å². The molecule has 4 nitrogen and oxygen atoms in total. The second kappa shape index (κ2) is 4.91. The molecule has 0 aliphatic carbocycles. The zero-order valence-electron chi connectivity index (χ0n) is 10.1. The van der Waals surface area contributed by atoms with Crippen LogP contribution in [0.5, 0.6) is 0 Å². The molecule has 102 valence electrons. The van der Waals surface area contributed by atoms with Crippen LogP contribution in [0.15, 0.2) is 35.4 Å². The molecule has 1 aromatic carbocycles. The fraction of sp³-hybridized carbons (Fsp3) is 0.333. The highest BCUT2D eigenvalue weighted by Gasteiger charge is 2.40. The third-order valence-corrected chi connectivity index (χ3v) is 2.85. The van der Waals surface area contributed by atoms with Crippen molar-refractivity contribution in [3.63, 3.8) is 0 Å². The van der Waals surface area contributed by atoms with Crippen molar-refractivity contribution in [2.24, 2.45) is 5.10 Å². The normalized spacial score (nSPS) is 16.8. The Labute approximate surface area is 108 Å². The maximum Gasteiger partial charge on any atom is 0.487 e. The molecule has 1 aromatic rings. The van der Waals surface area contributed by atoms with Crippen molar-refractivity contribution < 1.29 is 18.0 Å². The molecule has 0 bridgehead atoms. The number of carbonyl (C=O) groups excluding carboxylic acids is 1. The van der Waals surface area contributed by atoms with Crippen LogP contribution >= 0.6 is 0 Å². The number of hydrogen-bond donors (Lipinski definition) is 0. The zero-order chi connectivity index (χ0) is 14.0. The maximum atomic E-state index is 12.4. The van der Waals surface area contributed by atoms with E-state index in [1.807, 2.05) is 0 Å². The Balaban J connectivity index is 2.05. The largest absolute Gasteiger partial charge is 0.487 e. The second-order valence-corrected chi connectivity index (χ2v) is 4.16. The SMILES string of the molecule is CC(C(=O)c1ccccc1)N1CN(C(F)(F)F)C=N1. The van der Waals surface area contributed by atoms with Crippen LogP contribution in [-0.2, 0) is 0 Å². The van der Waals surface area contributed by atoms with Crippen LogP contribution in [0.4, 0.5) is 13.2 Å². The van der Waals surface area contributed by atoms with Crippen molar-refractivity contribution in [1.82, 2.24) is 9.91 Å². The molecule has 1 heterocycles. The van der Waals surface area contributed by atoms with E-state index >= 15 is 0 Å². The average Bonchev–Trinajstić information content (AvgIpc) is 2.87. The molecule has 0 aromatic heterocycles. The molecule has 19 heavy (non-hydrogen) atoms. The van der Waals surface area contributed by atoms with E-state index in [1.165, 1.54) is 6.92 Å². The number of nitrogens with zero attached hydrogens (tertiary/aromatic N) is 3. The smallest absolute Gasteiger partial charge is 0.292 e. The summed E-state index contributed by atoms with van der Waals surface area (Å²) in [5.41, 5.74) is 0.454. The first-order valence-corrected chi connectivity index (χ1v) is 5.63. The summed E-state index contributed by atoms with van der Waals surface area (Å²) < 4.78 is 37.3. The molecule has 0 amide bonds. The van der Waals surface area contributed by atoms with Crippen molar-refractivity contribution in [1.29, 1.82) is 0 Å². The van der Waals surface area contributed by atoms with Crippen molar-refractivity contribution in [3.8, 4) is 0 Å². The fourth-order valence-corrected chi connectivity index (χ4v) is 1.70. The minimum Gasteiger partial charge on any atom is -0.292 e. The molecular formula is C12H12F3N3O. The first kappa shape index (κ1) is 13.4. The number of hydrazone groups is 1. The van der Waals surface area contributed by atoms with Crippen molar-refractivity contribution >= 4 is 12.1 Å². The standard InChI is InChI=1S/C12H12F3N3O/c1-9(11(19)10-5-3-2-4-6-10)18-8-17(7-16-18)12(13,14)15/h2-7,9H,8H2,1H3. The summed E-state index contributed by atoms with van der Waals surface area (Å²) in [6, 6.07) is 7.68. The molecule has 2 rings (SSSR count). The maximum absolute atomic E-state index is 12.4. The van der Waals surface area contributed by atoms with Gasteiger partial charge in [0.25, 0.3) is 0 Å². The van der Waals surface area contributed by atoms with Gasteiger partial charge in [0.1, 0.15) is 19.0 Å². The zero-order valence-corrected chi connectivity index (χ0v) is 10.1. The number of carbonyl (C=O) groups is 1. The monoisotopic (exact) mass is 271 g/mol. The number of rotatable bonds is 3. The van der Waals surface area contributed by atoms with Gasteiger partial charge in [-0.2, -0.15) is 5.10 Å². The number of halogens is 3. The third kappa shape index (κ3) is 2.86. The summed E-state index contributed by atoms with van der Waals surface area (Å²) in [4.78, 5) is 12.2. The van der Waals surface area contributed by atoms with Crippen molar-refractivity contribution in [2.75, 3.05) is 6.67 Å². The van der Waals surface area contributed by atoms with Gasteiger partial charge in [-0.25, -0.2) is 0 Å². The average molecular weight is 271 g/mol. The van der Waals surface area contributed by atoms with Crippen molar-refractivity contribution in [3.05, 3.63) is 35.9 Å². The lowest BCUT2D eigenvalue weighted by molar-refractivity contribution is -0.220. The van der Waals surface area contributed by atoms with Gasteiger partial charge in [0.05, 0.1) is 0 Å². The molecular weight excluding hydrogens is 259 g/mol. The summed E-state index contributed by atoms with van der Waals surface area (Å²) in [5.74, 6) is -0.262. The molecule has 0 fully saturated rings. The van der Waals surface area contributed by atoms with Gasteiger partial charge in [0, 0.05) is 5.56 Å². The Morgan fingerprint density at radius 2 is 1.95 bits per heavy atom. The minimum absolute atomic E-state index is 0.127. The van der Waals surface area contributed by atoms with E-state index < -0.39 is 19.0 Å². The molecule has 0 radical (unpaired) electrons. The van der Waals surface area contributed by atoms with E-state index in [2.05, 4.69) is 5.10 Å². The summed E-state index contributed by atoms with van der Waals surface area (Å²) in [5, 5.41) is 4.74. The highest BCUT2D eigenvalue weighted by Crippen LogP contribution is 2.24. The van der Waals surface area contributed by atoms with Crippen LogP contribution < -0.4 is 0 Å². The van der Waals surface area contributed by atoms with Gasteiger partial charge in [-0.15, -0.1) is 13.2 Å². The van der Waals surface area contributed by atoms with Gasteiger partial charge in [0.15, 0.2) is 5.78 Å². The summed E-state index contributed by atoms with van der Waals surface area (Å²) in [6.45, 7) is 1.07. The van der Waals surface area contributed by atoms with Gasteiger partial charge in [-0.05, 0) is 6.92 Å². The highest BCUT2D eigenvalue weighted by atomic mass is 19.4. The summed E-state index contributed by atoms with van der Waals surface area (Å²) in [7, 11) is 0. The van der Waals surface area contributed by atoms with Gasteiger partial charge >= 0.3 is 6.30 Å². The number of hydrogen-bond acceptors (Lipinski definition) is 4. The number of Topliss-reactive ketones (excluding diaryl/α,β-unsaturated/α-hetero) is 1. The molecule has 1 atom stereocenters. The van der Waals surface area contributed by atoms with Crippen LogP contribution in [-0.4, -0.2) is 41.0 Å². The first-order valence-electron chi connectivity index (χ1n) is 5.63. The predicted octanol–water partition coefficient (Wildman–Crippen LogP) is 2.30. The Morgan fingerprint density at radius 3 is 2.47 bits per heavy atom. The lowest BCUT2D eigenvalue weighted by Crippen LogP contribution is -2.42. The number of alkyl halides is 3. The van der Waals surface area contributed by atoms with E-state index in [4.69, 9.17) is 0 Å². The molecule has 0 saturated carbocycles. The minimum atomic E-state index is -4.48. The summed E-state index contributed by atoms with van der Waals surface area (Å²) >= 11 is 0. The van der Waals surface area contributed by atoms with Crippen molar-refractivity contribution in [2.45, 2.75) is 19.3 Å². The summed E-state index contributed by atoms with van der Waals surface area (Å²) in [6.07, 6.45) is -3.79. The molecule has 1 aliphatic rings. The molecule has 0 N–H and O–H groups in total. The van der Waals surface area contributed by atoms with E-state index in [0.29, 0.717) is 11.9 Å². The highest BCUT2D eigenvalue weighted by molar-refractivity contribution is 5.99. The second-order valence-electron chi connectivity index (χ2n) is 4.16. The fourth-order valence-electron chi connectivity index (χ4n) is 1.70. The van der Waals surface area contributed by atoms with Crippen LogP contribution in [0, 0.1) is 0 Å². The van der Waals surface area contributed by atoms with E-state index in [1.54, 1.807) is 30.3 Å². The predicted molar refractivity (Wildman–Crippen MR) is 63.3 cm³/mol. The van der Waals surface area contributed by atoms with E-state index in [9.17, 15) is 18.0 Å². The van der Waals surface area contributed by atoms with E-state index in [0.717, 1.165) is 5.01 Å². The van der Waals surface area contributed by atoms with Gasteiger partial charge in [0.2, 0.25) is 0 Å². The molecule has 1 unspecified atom stereocenters. The van der Waals surface area contributed by atoms with Crippen LogP contribution in [0.3, 0.4) is 0 Å². The quantitative estimate of drug-likeness (QED) is 0.625. The Morgan fingerprint density at radius 1 is 1.32 bits per heavy atom. The van der Waals surface area contributed by atoms with Crippen LogP contribution in [0.25, 0.3) is 0 Å². The van der Waals surface area contributed by atoms with Gasteiger partial charge < -0.3 is 0 Å². The van der Waals surface area contributed by atoms with Gasteiger partial charge in [-0.1, -0.05) is 30.3 Å². The number of benzene rings is 1. The Hall–Kier alpha value is -2.05.